The third-order valence-electron chi connectivity index (χ3n) is 3.83. The summed E-state index contributed by atoms with van der Waals surface area (Å²) < 4.78 is 1.65. The molecule has 2 heterocycles. The zero-order chi connectivity index (χ0) is 18.5. The molecule has 0 radical (unpaired) electrons. The van der Waals surface area contributed by atoms with Gasteiger partial charge in [-0.3, -0.25) is 4.57 Å². The van der Waals surface area contributed by atoms with E-state index in [2.05, 4.69) is 20.5 Å². The molecule has 0 atom stereocenters. The predicted molar refractivity (Wildman–Crippen MR) is 110 cm³/mol. The van der Waals surface area contributed by atoms with Gasteiger partial charge < -0.3 is 5.32 Å². The first-order chi connectivity index (χ1) is 13.3. The summed E-state index contributed by atoms with van der Waals surface area (Å²) in [5.41, 5.74) is 2.82. The fourth-order valence-corrected chi connectivity index (χ4v) is 4.21. The third kappa shape index (κ3) is 4.47. The average molecular weight is 396 g/mol. The Labute approximate surface area is 164 Å². The molecule has 27 heavy (non-hydrogen) atoms. The van der Waals surface area contributed by atoms with Crippen LogP contribution in [0.1, 0.15) is 11.3 Å². The van der Waals surface area contributed by atoms with E-state index in [9.17, 15) is 4.79 Å². The number of aromatic nitrogens is 4. The topological polar surface area (TPSA) is 75.6 Å². The minimum Gasteiger partial charge on any atom is -0.332 e. The smallest absolute Gasteiger partial charge is 0.332 e. The Balaban J connectivity index is 1.42. The number of H-pyrrole nitrogens is 1. The number of rotatable bonds is 7. The molecule has 0 amide bonds. The number of aromatic amines is 1. The second kappa shape index (κ2) is 8.24. The summed E-state index contributed by atoms with van der Waals surface area (Å²) >= 11 is 3.06. The van der Waals surface area contributed by atoms with Crippen molar-refractivity contribution in [1.29, 1.82) is 0 Å². The van der Waals surface area contributed by atoms with Gasteiger partial charge in [0.1, 0.15) is 0 Å². The molecule has 2 N–H and O–H groups in total. The first kappa shape index (κ1) is 17.6. The molecule has 136 valence electrons. The summed E-state index contributed by atoms with van der Waals surface area (Å²) in [5, 5.41) is 13.5. The second-order valence-corrected chi connectivity index (χ2v) is 7.61. The summed E-state index contributed by atoms with van der Waals surface area (Å²) in [5.74, 6) is 0.645. The van der Waals surface area contributed by atoms with E-state index in [1.165, 1.54) is 11.8 Å². The van der Waals surface area contributed by atoms with Crippen LogP contribution in [0.5, 0.6) is 0 Å². The van der Waals surface area contributed by atoms with E-state index < -0.39 is 0 Å². The maximum absolute atomic E-state index is 12.1. The standard InChI is InChI=1S/C19H17N5OS2/c25-18-22-23-19(24(18)11-14-7-3-1-4-8-14)27-13-16-12-26-17(21-16)20-15-9-5-2-6-10-15/h1-10,12H,11,13H2,(H,20,21)(H,22,25). The van der Waals surface area contributed by atoms with Crippen LogP contribution >= 0.6 is 23.1 Å². The van der Waals surface area contributed by atoms with Gasteiger partial charge in [-0.25, -0.2) is 14.9 Å². The number of anilines is 2. The van der Waals surface area contributed by atoms with Crippen molar-refractivity contribution in [3.05, 3.63) is 87.8 Å². The second-order valence-electron chi connectivity index (χ2n) is 5.81. The van der Waals surface area contributed by atoms with Gasteiger partial charge in [0, 0.05) is 16.8 Å². The highest BCUT2D eigenvalue weighted by Gasteiger charge is 2.11. The average Bonchev–Trinajstić information content (AvgIpc) is 3.29. The molecule has 6 nitrogen and oxygen atoms in total. The predicted octanol–water partition coefficient (Wildman–Crippen LogP) is 4.11. The van der Waals surface area contributed by atoms with Gasteiger partial charge in [-0.2, -0.15) is 0 Å². The van der Waals surface area contributed by atoms with Crippen LogP contribution in [0.4, 0.5) is 10.8 Å². The minimum atomic E-state index is -0.203. The molecule has 0 saturated carbocycles. The van der Waals surface area contributed by atoms with Crippen molar-refractivity contribution >= 4 is 33.9 Å². The normalized spacial score (nSPS) is 10.8. The van der Waals surface area contributed by atoms with Gasteiger partial charge in [-0.1, -0.05) is 60.3 Å². The summed E-state index contributed by atoms with van der Waals surface area (Å²) in [6.07, 6.45) is 0. The van der Waals surface area contributed by atoms with Crippen molar-refractivity contribution in [2.45, 2.75) is 17.5 Å². The number of thiazole rings is 1. The van der Waals surface area contributed by atoms with Crippen LogP contribution in [0.15, 0.2) is 76.0 Å². The minimum absolute atomic E-state index is 0.203. The monoisotopic (exact) mass is 395 g/mol. The fourth-order valence-electron chi connectivity index (χ4n) is 2.53. The summed E-state index contributed by atoms with van der Waals surface area (Å²) in [7, 11) is 0. The molecule has 0 bridgehead atoms. The number of thioether (sulfide) groups is 1. The first-order valence-electron chi connectivity index (χ1n) is 8.36. The molecule has 0 saturated heterocycles. The van der Waals surface area contributed by atoms with Gasteiger partial charge in [0.25, 0.3) is 0 Å². The van der Waals surface area contributed by atoms with Gasteiger partial charge >= 0.3 is 5.69 Å². The molecule has 0 aliphatic carbocycles. The summed E-state index contributed by atoms with van der Waals surface area (Å²) in [6, 6.07) is 19.8. The highest BCUT2D eigenvalue weighted by Crippen LogP contribution is 2.25. The van der Waals surface area contributed by atoms with E-state index in [4.69, 9.17) is 0 Å². The van der Waals surface area contributed by atoms with Crippen molar-refractivity contribution in [3.8, 4) is 0 Å². The van der Waals surface area contributed by atoms with E-state index in [0.29, 0.717) is 17.5 Å². The number of benzene rings is 2. The van der Waals surface area contributed by atoms with E-state index in [1.54, 1.807) is 15.9 Å². The lowest BCUT2D eigenvalue weighted by atomic mass is 10.2. The molecule has 4 rings (SSSR count). The molecule has 8 heteroatoms. The largest absolute Gasteiger partial charge is 0.344 e. The number of nitrogens with one attached hydrogen (secondary N) is 2. The summed E-state index contributed by atoms with van der Waals surface area (Å²) in [6.45, 7) is 0.496. The van der Waals surface area contributed by atoms with Gasteiger partial charge in [0.05, 0.1) is 12.2 Å². The number of nitrogens with zero attached hydrogens (tertiary/aromatic N) is 3. The molecule has 0 aliphatic rings. The number of hydrogen-bond acceptors (Lipinski definition) is 6. The van der Waals surface area contributed by atoms with Crippen LogP contribution in [0.25, 0.3) is 0 Å². The van der Waals surface area contributed by atoms with Crippen LogP contribution in [0.2, 0.25) is 0 Å². The van der Waals surface area contributed by atoms with Crippen molar-refractivity contribution < 1.29 is 0 Å². The zero-order valence-corrected chi connectivity index (χ0v) is 16.0. The Morgan fingerprint density at radius 1 is 1.07 bits per heavy atom. The van der Waals surface area contributed by atoms with E-state index in [0.717, 1.165) is 22.1 Å². The highest BCUT2D eigenvalue weighted by molar-refractivity contribution is 7.98. The third-order valence-corrected chi connectivity index (χ3v) is 5.65. The molecular weight excluding hydrogens is 378 g/mol. The molecule has 0 aliphatic heterocycles. The molecule has 2 aromatic heterocycles. The van der Waals surface area contributed by atoms with Crippen molar-refractivity contribution in [1.82, 2.24) is 19.7 Å². The maximum Gasteiger partial charge on any atom is 0.344 e. The lowest BCUT2D eigenvalue weighted by molar-refractivity contribution is 0.687. The lowest BCUT2D eigenvalue weighted by Crippen LogP contribution is -2.18. The van der Waals surface area contributed by atoms with Gasteiger partial charge in [-0.05, 0) is 17.7 Å². The van der Waals surface area contributed by atoms with E-state index >= 15 is 0 Å². The Morgan fingerprint density at radius 2 is 1.81 bits per heavy atom. The zero-order valence-electron chi connectivity index (χ0n) is 14.3. The van der Waals surface area contributed by atoms with Crippen LogP contribution in [-0.4, -0.2) is 19.7 Å². The number of para-hydroxylation sites is 1. The molecular formula is C19H17N5OS2. The molecule has 0 spiro atoms. The van der Waals surface area contributed by atoms with Gasteiger partial charge in [0.15, 0.2) is 10.3 Å². The lowest BCUT2D eigenvalue weighted by Gasteiger charge is -2.05. The van der Waals surface area contributed by atoms with Crippen LogP contribution in [-0.2, 0) is 12.3 Å². The molecule has 4 aromatic rings. The Morgan fingerprint density at radius 3 is 2.59 bits per heavy atom. The van der Waals surface area contributed by atoms with Gasteiger partial charge in [-0.15, -0.1) is 16.4 Å². The quantitative estimate of drug-likeness (QED) is 0.461. The Hall–Kier alpha value is -2.84. The first-order valence-corrected chi connectivity index (χ1v) is 10.2. The SMILES string of the molecule is O=c1[nH]nc(SCc2csc(Nc3ccccc3)n2)n1Cc1ccccc1. The maximum atomic E-state index is 12.1. The fraction of sp³-hybridized carbons (Fsp3) is 0.105. The number of hydrogen-bond donors (Lipinski definition) is 2. The van der Waals surface area contributed by atoms with E-state index in [-0.39, 0.29) is 5.69 Å². The van der Waals surface area contributed by atoms with Crippen molar-refractivity contribution in [2.24, 2.45) is 0 Å². The summed E-state index contributed by atoms with van der Waals surface area (Å²) in [4.78, 5) is 16.7. The Bertz CT molecular complexity index is 1060. The Kier molecular flexibility index (Phi) is 5.36. The molecule has 2 aromatic carbocycles. The van der Waals surface area contributed by atoms with Crippen molar-refractivity contribution in [3.63, 3.8) is 0 Å². The molecule has 0 unspecified atom stereocenters. The van der Waals surface area contributed by atoms with Crippen LogP contribution in [0.3, 0.4) is 0 Å². The molecule has 0 fully saturated rings. The van der Waals surface area contributed by atoms with E-state index in [1.807, 2.05) is 66.0 Å². The van der Waals surface area contributed by atoms with Crippen LogP contribution < -0.4 is 11.0 Å². The van der Waals surface area contributed by atoms with Crippen LogP contribution in [0, 0.1) is 0 Å². The van der Waals surface area contributed by atoms with Gasteiger partial charge in [0.2, 0.25) is 0 Å². The van der Waals surface area contributed by atoms with Crippen molar-refractivity contribution in [2.75, 3.05) is 5.32 Å². The highest BCUT2D eigenvalue weighted by atomic mass is 32.2.